The highest BCUT2D eigenvalue weighted by Crippen LogP contribution is 2.27. The van der Waals surface area contributed by atoms with E-state index in [4.69, 9.17) is 16.3 Å². The van der Waals surface area contributed by atoms with E-state index in [0.29, 0.717) is 16.7 Å². The molecular formula is C14H18ClNO2. The second-order valence-electron chi connectivity index (χ2n) is 4.86. The average Bonchev–Trinajstić information content (AvgIpc) is 3.13. The third-order valence-corrected chi connectivity index (χ3v) is 3.31. The minimum absolute atomic E-state index is 0.0590. The normalized spacial score (nSPS) is 16.2. The Bertz CT molecular complexity index is 443. The van der Waals surface area contributed by atoms with Crippen LogP contribution in [0.4, 0.5) is 0 Å². The summed E-state index contributed by atoms with van der Waals surface area (Å²) < 4.78 is 5.64. The summed E-state index contributed by atoms with van der Waals surface area (Å²) in [6.45, 7) is 4.44. The van der Waals surface area contributed by atoms with Gasteiger partial charge < -0.3 is 10.1 Å². The predicted molar refractivity (Wildman–Crippen MR) is 72.0 cm³/mol. The summed E-state index contributed by atoms with van der Waals surface area (Å²) in [6, 6.07) is 5.38. The maximum atomic E-state index is 11.8. The van der Waals surface area contributed by atoms with Gasteiger partial charge in [0.25, 0.3) is 5.91 Å². The lowest BCUT2D eigenvalue weighted by Gasteiger charge is -2.16. The van der Waals surface area contributed by atoms with Crippen LogP contribution >= 0.6 is 11.6 Å². The minimum atomic E-state index is -0.483. The van der Waals surface area contributed by atoms with Crippen LogP contribution in [0.2, 0.25) is 5.02 Å². The highest BCUT2D eigenvalue weighted by atomic mass is 35.5. The lowest BCUT2D eigenvalue weighted by Crippen LogP contribution is -2.37. The predicted octanol–water partition coefficient (Wildman–Crippen LogP) is 2.94. The van der Waals surface area contributed by atoms with Crippen molar-refractivity contribution in [1.82, 2.24) is 5.32 Å². The fraction of sp³-hybridized carbons (Fsp3) is 0.500. The van der Waals surface area contributed by atoms with Gasteiger partial charge in [-0.1, -0.05) is 11.6 Å². The summed E-state index contributed by atoms with van der Waals surface area (Å²) in [5.74, 6) is 1.32. The Morgan fingerprint density at radius 2 is 2.28 bits per heavy atom. The molecule has 0 spiro atoms. The number of amides is 1. The Morgan fingerprint density at radius 3 is 2.89 bits per heavy atom. The molecule has 4 heteroatoms. The molecule has 0 radical (unpaired) electrons. The molecule has 18 heavy (non-hydrogen) atoms. The van der Waals surface area contributed by atoms with Crippen LogP contribution in [-0.4, -0.2) is 18.6 Å². The van der Waals surface area contributed by atoms with Gasteiger partial charge in [0.15, 0.2) is 6.10 Å². The standard InChI is InChI=1S/C14H18ClNO2/c1-9-7-12(15)5-6-13(9)18-10(2)14(17)16-8-11-3-4-11/h5-7,10-11H,3-4,8H2,1-2H3,(H,16,17). The molecule has 0 heterocycles. The van der Waals surface area contributed by atoms with Gasteiger partial charge in [0.2, 0.25) is 0 Å². The summed E-state index contributed by atoms with van der Waals surface area (Å²) in [7, 11) is 0. The number of benzene rings is 1. The number of ether oxygens (including phenoxy) is 1. The number of rotatable bonds is 5. The Kier molecular flexibility index (Phi) is 4.12. The lowest BCUT2D eigenvalue weighted by molar-refractivity contribution is -0.127. The number of carbonyl (C=O) groups excluding carboxylic acids is 1. The Labute approximate surface area is 112 Å². The van der Waals surface area contributed by atoms with Gasteiger partial charge >= 0.3 is 0 Å². The molecule has 1 aliphatic rings. The molecule has 1 fully saturated rings. The quantitative estimate of drug-likeness (QED) is 0.891. The smallest absolute Gasteiger partial charge is 0.260 e. The van der Waals surface area contributed by atoms with Gasteiger partial charge in [-0.25, -0.2) is 0 Å². The summed E-state index contributed by atoms with van der Waals surface area (Å²) in [4.78, 5) is 11.8. The van der Waals surface area contributed by atoms with Crippen LogP contribution < -0.4 is 10.1 Å². The van der Waals surface area contributed by atoms with Crippen LogP contribution in [0.15, 0.2) is 18.2 Å². The van der Waals surface area contributed by atoms with Crippen LogP contribution in [0.3, 0.4) is 0 Å². The monoisotopic (exact) mass is 267 g/mol. The van der Waals surface area contributed by atoms with Crippen molar-refractivity contribution in [1.29, 1.82) is 0 Å². The third kappa shape index (κ3) is 3.64. The van der Waals surface area contributed by atoms with Crippen LogP contribution in [0.25, 0.3) is 0 Å². The first-order chi connectivity index (χ1) is 8.56. The van der Waals surface area contributed by atoms with E-state index in [1.165, 1.54) is 12.8 Å². The summed E-state index contributed by atoms with van der Waals surface area (Å²) >= 11 is 5.87. The summed E-state index contributed by atoms with van der Waals surface area (Å²) in [6.07, 6.45) is 1.97. The van der Waals surface area contributed by atoms with Crippen molar-refractivity contribution >= 4 is 17.5 Å². The largest absolute Gasteiger partial charge is 0.481 e. The van der Waals surface area contributed by atoms with Crippen molar-refractivity contribution in [3.05, 3.63) is 28.8 Å². The topological polar surface area (TPSA) is 38.3 Å². The average molecular weight is 268 g/mol. The van der Waals surface area contributed by atoms with Gasteiger partial charge in [0.1, 0.15) is 5.75 Å². The highest BCUT2D eigenvalue weighted by molar-refractivity contribution is 6.30. The zero-order valence-electron chi connectivity index (χ0n) is 10.7. The van der Waals surface area contributed by atoms with Crippen LogP contribution in [0, 0.1) is 12.8 Å². The minimum Gasteiger partial charge on any atom is -0.481 e. The molecule has 1 unspecified atom stereocenters. The van der Waals surface area contributed by atoms with E-state index in [2.05, 4.69) is 5.32 Å². The second-order valence-corrected chi connectivity index (χ2v) is 5.29. The van der Waals surface area contributed by atoms with E-state index in [1.807, 2.05) is 13.0 Å². The van der Waals surface area contributed by atoms with Gasteiger partial charge in [-0.2, -0.15) is 0 Å². The lowest BCUT2D eigenvalue weighted by atomic mass is 10.2. The molecule has 1 amide bonds. The fourth-order valence-corrected chi connectivity index (χ4v) is 1.93. The van der Waals surface area contributed by atoms with Crippen molar-refractivity contribution in [2.45, 2.75) is 32.8 Å². The maximum absolute atomic E-state index is 11.8. The van der Waals surface area contributed by atoms with E-state index >= 15 is 0 Å². The maximum Gasteiger partial charge on any atom is 0.260 e. The van der Waals surface area contributed by atoms with E-state index in [0.717, 1.165) is 12.1 Å². The first-order valence-corrected chi connectivity index (χ1v) is 6.64. The van der Waals surface area contributed by atoms with Crippen molar-refractivity contribution in [2.75, 3.05) is 6.54 Å². The summed E-state index contributed by atoms with van der Waals surface area (Å²) in [5, 5.41) is 3.58. The number of nitrogens with one attached hydrogen (secondary N) is 1. The third-order valence-electron chi connectivity index (χ3n) is 3.07. The molecule has 3 nitrogen and oxygen atoms in total. The molecule has 2 rings (SSSR count). The van der Waals surface area contributed by atoms with E-state index < -0.39 is 6.10 Å². The van der Waals surface area contributed by atoms with Gasteiger partial charge in [-0.15, -0.1) is 0 Å². The fourth-order valence-electron chi connectivity index (χ4n) is 1.70. The van der Waals surface area contributed by atoms with E-state index in [-0.39, 0.29) is 5.91 Å². The Balaban J connectivity index is 1.88. The van der Waals surface area contributed by atoms with Crippen molar-refractivity contribution in [3.63, 3.8) is 0 Å². The number of halogens is 1. The van der Waals surface area contributed by atoms with Crippen molar-refractivity contribution in [2.24, 2.45) is 5.92 Å². The molecule has 0 bridgehead atoms. The first kappa shape index (κ1) is 13.2. The molecule has 0 aliphatic heterocycles. The zero-order chi connectivity index (χ0) is 13.1. The Morgan fingerprint density at radius 1 is 1.56 bits per heavy atom. The van der Waals surface area contributed by atoms with Gasteiger partial charge in [-0.3, -0.25) is 4.79 Å². The zero-order valence-corrected chi connectivity index (χ0v) is 11.5. The van der Waals surface area contributed by atoms with Crippen LogP contribution in [-0.2, 0) is 4.79 Å². The molecule has 1 aliphatic carbocycles. The molecule has 98 valence electrons. The number of hydrogen-bond donors (Lipinski definition) is 1. The highest BCUT2D eigenvalue weighted by Gasteiger charge is 2.23. The van der Waals surface area contributed by atoms with Gasteiger partial charge in [0, 0.05) is 11.6 Å². The van der Waals surface area contributed by atoms with Crippen molar-refractivity contribution < 1.29 is 9.53 Å². The van der Waals surface area contributed by atoms with Crippen molar-refractivity contribution in [3.8, 4) is 5.75 Å². The summed E-state index contributed by atoms with van der Waals surface area (Å²) in [5.41, 5.74) is 0.935. The SMILES string of the molecule is Cc1cc(Cl)ccc1OC(C)C(=O)NCC1CC1. The van der Waals surface area contributed by atoms with Crippen LogP contribution in [0.1, 0.15) is 25.3 Å². The van der Waals surface area contributed by atoms with E-state index in [1.54, 1.807) is 19.1 Å². The molecule has 1 aromatic rings. The molecule has 1 N–H and O–H groups in total. The number of aryl methyl sites for hydroxylation is 1. The number of carbonyl (C=O) groups is 1. The molecule has 1 saturated carbocycles. The molecule has 0 saturated heterocycles. The molecule has 1 aromatic carbocycles. The second kappa shape index (κ2) is 5.61. The molecule has 0 aromatic heterocycles. The molecular weight excluding hydrogens is 250 g/mol. The van der Waals surface area contributed by atoms with Gasteiger partial charge in [0.05, 0.1) is 0 Å². The van der Waals surface area contributed by atoms with Crippen LogP contribution in [0.5, 0.6) is 5.75 Å². The molecule has 1 atom stereocenters. The Hall–Kier alpha value is -1.22. The van der Waals surface area contributed by atoms with Gasteiger partial charge in [-0.05, 0) is 56.4 Å². The van der Waals surface area contributed by atoms with E-state index in [9.17, 15) is 4.79 Å². The first-order valence-electron chi connectivity index (χ1n) is 6.27. The number of hydrogen-bond acceptors (Lipinski definition) is 2.